The maximum atomic E-state index is 12.1. The zero-order chi connectivity index (χ0) is 14.1. The van der Waals surface area contributed by atoms with E-state index in [1.54, 1.807) is 0 Å². The number of amides is 1. The van der Waals surface area contributed by atoms with E-state index in [0.29, 0.717) is 6.04 Å². The lowest BCUT2D eigenvalue weighted by Gasteiger charge is -2.30. The van der Waals surface area contributed by atoms with E-state index in [1.807, 2.05) is 0 Å². The van der Waals surface area contributed by atoms with Gasteiger partial charge < -0.3 is 10.2 Å². The zero-order valence-corrected chi connectivity index (χ0v) is 13.1. The molecule has 0 saturated carbocycles. The van der Waals surface area contributed by atoms with E-state index in [0.717, 1.165) is 32.4 Å². The Bertz CT molecular complexity index is 247. The van der Waals surface area contributed by atoms with Crippen LogP contribution in [0.15, 0.2) is 0 Å². The molecule has 1 heterocycles. The van der Waals surface area contributed by atoms with Crippen LogP contribution in [-0.4, -0.2) is 37.0 Å². The normalized spacial score (nSPS) is 19.3. The molecule has 0 spiro atoms. The van der Waals surface area contributed by atoms with Gasteiger partial charge in [-0.05, 0) is 39.4 Å². The predicted octanol–water partition coefficient (Wildman–Crippen LogP) is 3.19. The third-order valence-corrected chi connectivity index (χ3v) is 4.25. The SMILES string of the molecule is CCCCCCCC(C)C(=O)NC1CCN(C)CC1. The standard InChI is InChI=1S/C16H32N2O/c1-4-5-6-7-8-9-14(2)16(19)17-15-10-12-18(3)13-11-15/h14-15H,4-13H2,1-3H3,(H,17,19). The second-order valence-electron chi connectivity index (χ2n) is 6.19. The van der Waals surface area contributed by atoms with Crippen LogP contribution in [0.2, 0.25) is 0 Å². The molecule has 1 rings (SSSR count). The predicted molar refractivity (Wildman–Crippen MR) is 81.2 cm³/mol. The summed E-state index contributed by atoms with van der Waals surface area (Å²) in [7, 11) is 2.15. The lowest BCUT2D eigenvalue weighted by molar-refractivity contribution is -0.125. The Morgan fingerprint density at radius 3 is 2.47 bits per heavy atom. The minimum atomic E-state index is 0.182. The van der Waals surface area contributed by atoms with Crippen molar-refractivity contribution in [1.82, 2.24) is 10.2 Å². The molecule has 1 saturated heterocycles. The van der Waals surface area contributed by atoms with Crippen LogP contribution in [0.3, 0.4) is 0 Å². The van der Waals surface area contributed by atoms with Crippen molar-refractivity contribution in [3.63, 3.8) is 0 Å². The molecule has 0 aromatic carbocycles. The summed E-state index contributed by atoms with van der Waals surface area (Å²) in [6, 6.07) is 0.409. The van der Waals surface area contributed by atoms with Gasteiger partial charge in [-0.15, -0.1) is 0 Å². The highest BCUT2D eigenvalue weighted by molar-refractivity contribution is 5.78. The molecule has 1 N–H and O–H groups in total. The number of nitrogens with zero attached hydrogens (tertiary/aromatic N) is 1. The Kier molecular flexibility index (Phi) is 8.11. The number of piperidine rings is 1. The summed E-state index contributed by atoms with van der Waals surface area (Å²) >= 11 is 0. The van der Waals surface area contributed by atoms with E-state index < -0.39 is 0 Å². The smallest absolute Gasteiger partial charge is 0.223 e. The van der Waals surface area contributed by atoms with Gasteiger partial charge in [-0.1, -0.05) is 46.0 Å². The summed E-state index contributed by atoms with van der Waals surface area (Å²) in [5, 5.41) is 3.23. The molecule has 112 valence electrons. The summed E-state index contributed by atoms with van der Waals surface area (Å²) in [5.41, 5.74) is 0. The van der Waals surface area contributed by atoms with Gasteiger partial charge in [-0.2, -0.15) is 0 Å². The Morgan fingerprint density at radius 2 is 1.84 bits per heavy atom. The van der Waals surface area contributed by atoms with Crippen molar-refractivity contribution in [2.24, 2.45) is 5.92 Å². The number of carbonyl (C=O) groups is 1. The summed E-state index contributed by atoms with van der Waals surface area (Å²) in [4.78, 5) is 14.4. The van der Waals surface area contributed by atoms with Gasteiger partial charge in [0.2, 0.25) is 5.91 Å². The minimum absolute atomic E-state index is 0.182. The average Bonchev–Trinajstić information content (AvgIpc) is 2.41. The Labute approximate surface area is 119 Å². The van der Waals surface area contributed by atoms with Crippen molar-refractivity contribution < 1.29 is 4.79 Å². The fourth-order valence-electron chi connectivity index (χ4n) is 2.68. The van der Waals surface area contributed by atoms with E-state index in [1.165, 1.54) is 32.1 Å². The molecule has 0 radical (unpaired) electrons. The van der Waals surface area contributed by atoms with Gasteiger partial charge in [-0.3, -0.25) is 4.79 Å². The van der Waals surface area contributed by atoms with Gasteiger partial charge in [0.25, 0.3) is 0 Å². The number of carbonyl (C=O) groups excluding carboxylic acids is 1. The average molecular weight is 268 g/mol. The van der Waals surface area contributed by atoms with Crippen LogP contribution in [0.4, 0.5) is 0 Å². The van der Waals surface area contributed by atoms with Crippen molar-refractivity contribution >= 4 is 5.91 Å². The summed E-state index contributed by atoms with van der Waals surface area (Å²) in [6.07, 6.45) is 9.66. The van der Waals surface area contributed by atoms with E-state index in [-0.39, 0.29) is 11.8 Å². The van der Waals surface area contributed by atoms with Crippen molar-refractivity contribution in [3.8, 4) is 0 Å². The van der Waals surface area contributed by atoms with Crippen LogP contribution < -0.4 is 5.32 Å². The van der Waals surface area contributed by atoms with Crippen molar-refractivity contribution in [1.29, 1.82) is 0 Å². The summed E-state index contributed by atoms with van der Waals surface area (Å²) in [6.45, 7) is 6.52. The molecule has 1 unspecified atom stereocenters. The van der Waals surface area contributed by atoms with Gasteiger partial charge in [-0.25, -0.2) is 0 Å². The lowest BCUT2D eigenvalue weighted by atomic mass is 9.99. The highest BCUT2D eigenvalue weighted by atomic mass is 16.1. The minimum Gasteiger partial charge on any atom is -0.353 e. The fourth-order valence-corrected chi connectivity index (χ4v) is 2.68. The van der Waals surface area contributed by atoms with Crippen LogP contribution >= 0.6 is 0 Å². The lowest BCUT2D eigenvalue weighted by Crippen LogP contribution is -2.44. The maximum absolute atomic E-state index is 12.1. The Balaban J connectivity index is 2.10. The van der Waals surface area contributed by atoms with Crippen molar-refractivity contribution in [3.05, 3.63) is 0 Å². The molecule has 19 heavy (non-hydrogen) atoms. The molecule has 0 aromatic rings. The first-order valence-electron chi connectivity index (χ1n) is 8.12. The van der Waals surface area contributed by atoms with Crippen molar-refractivity contribution in [2.75, 3.05) is 20.1 Å². The van der Waals surface area contributed by atoms with Gasteiger partial charge in [0.15, 0.2) is 0 Å². The number of hydrogen-bond donors (Lipinski definition) is 1. The largest absolute Gasteiger partial charge is 0.353 e. The second kappa shape index (κ2) is 9.35. The molecule has 1 amide bonds. The third kappa shape index (κ3) is 6.95. The molecule has 1 aliphatic heterocycles. The van der Waals surface area contributed by atoms with Gasteiger partial charge in [0.1, 0.15) is 0 Å². The first kappa shape index (κ1) is 16.5. The molecule has 3 heteroatoms. The maximum Gasteiger partial charge on any atom is 0.223 e. The molecule has 1 atom stereocenters. The molecule has 3 nitrogen and oxygen atoms in total. The van der Waals surface area contributed by atoms with E-state index >= 15 is 0 Å². The van der Waals surface area contributed by atoms with E-state index in [9.17, 15) is 4.79 Å². The quantitative estimate of drug-likeness (QED) is 0.686. The third-order valence-electron chi connectivity index (χ3n) is 4.25. The topological polar surface area (TPSA) is 32.3 Å². The van der Waals surface area contributed by atoms with Crippen LogP contribution in [0.5, 0.6) is 0 Å². The van der Waals surface area contributed by atoms with Crippen molar-refractivity contribution in [2.45, 2.75) is 71.3 Å². The van der Waals surface area contributed by atoms with Gasteiger partial charge >= 0.3 is 0 Å². The number of unbranched alkanes of at least 4 members (excludes halogenated alkanes) is 4. The highest BCUT2D eigenvalue weighted by Gasteiger charge is 2.20. The van der Waals surface area contributed by atoms with E-state index in [2.05, 4.69) is 31.1 Å². The Hall–Kier alpha value is -0.570. The Morgan fingerprint density at radius 1 is 1.21 bits per heavy atom. The molecule has 1 fully saturated rings. The zero-order valence-electron chi connectivity index (χ0n) is 13.1. The van der Waals surface area contributed by atoms with Crippen LogP contribution in [0.25, 0.3) is 0 Å². The number of rotatable bonds is 8. The number of likely N-dealkylation sites (tertiary alicyclic amines) is 1. The highest BCUT2D eigenvalue weighted by Crippen LogP contribution is 2.13. The van der Waals surface area contributed by atoms with Crippen LogP contribution in [0.1, 0.15) is 65.2 Å². The first-order chi connectivity index (χ1) is 9.13. The molecule has 0 bridgehead atoms. The fraction of sp³-hybridized carbons (Fsp3) is 0.938. The number of hydrogen-bond acceptors (Lipinski definition) is 2. The summed E-state index contributed by atoms with van der Waals surface area (Å²) < 4.78 is 0. The van der Waals surface area contributed by atoms with Gasteiger partial charge in [0, 0.05) is 12.0 Å². The monoisotopic (exact) mass is 268 g/mol. The van der Waals surface area contributed by atoms with Crippen LogP contribution in [0, 0.1) is 5.92 Å². The van der Waals surface area contributed by atoms with E-state index in [4.69, 9.17) is 0 Å². The number of nitrogens with one attached hydrogen (secondary N) is 1. The molecule has 1 aliphatic rings. The second-order valence-corrected chi connectivity index (χ2v) is 6.19. The molecular formula is C16H32N2O. The summed E-state index contributed by atoms with van der Waals surface area (Å²) in [5.74, 6) is 0.450. The van der Waals surface area contributed by atoms with Gasteiger partial charge in [0.05, 0.1) is 0 Å². The molecule has 0 aliphatic carbocycles. The molecule has 0 aromatic heterocycles. The first-order valence-corrected chi connectivity index (χ1v) is 8.12. The van der Waals surface area contributed by atoms with Crippen LogP contribution in [-0.2, 0) is 4.79 Å². The molecular weight excluding hydrogens is 236 g/mol.